The highest BCUT2D eigenvalue weighted by Crippen LogP contribution is 2.21. The molecule has 1 aliphatic rings. The summed E-state index contributed by atoms with van der Waals surface area (Å²) in [5.41, 5.74) is 0.664. The number of amides is 2. The summed E-state index contributed by atoms with van der Waals surface area (Å²) in [5.74, 6) is -0.354. The molecule has 0 atom stereocenters. The number of fused-ring (bicyclic) bond motifs is 1. The highest BCUT2D eigenvalue weighted by Gasteiger charge is 2.29. The summed E-state index contributed by atoms with van der Waals surface area (Å²) in [6.07, 6.45) is 1.53. The van der Waals surface area contributed by atoms with E-state index in [1.807, 2.05) is 0 Å². The van der Waals surface area contributed by atoms with Gasteiger partial charge in [-0.25, -0.2) is 4.39 Å². The van der Waals surface area contributed by atoms with E-state index in [9.17, 15) is 14.0 Å². The van der Waals surface area contributed by atoms with Crippen molar-refractivity contribution in [2.24, 2.45) is 5.92 Å². The van der Waals surface area contributed by atoms with Gasteiger partial charge in [0.15, 0.2) is 0 Å². The van der Waals surface area contributed by atoms with Crippen LogP contribution >= 0.6 is 0 Å². The second kappa shape index (κ2) is 6.55. The molecule has 1 aromatic carbocycles. The number of piperazine rings is 1. The molecule has 2 amide bonds. The van der Waals surface area contributed by atoms with Gasteiger partial charge in [0.1, 0.15) is 12.4 Å². The first-order chi connectivity index (χ1) is 11.5. The number of rotatable bonds is 3. The normalized spacial score (nSPS) is 15.4. The summed E-state index contributed by atoms with van der Waals surface area (Å²) in [6.45, 7) is 5.86. The number of halogens is 1. The Kier molecular flexibility index (Phi) is 4.46. The first-order valence-corrected chi connectivity index (χ1v) is 8.07. The Hall–Kier alpha value is -2.50. The Morgan fingerprint density at radius 2 is 2.08 bits per heavy atom. The SMILES string of the molecule is CC(C)CN1CCN(C(=O)c2ccc(F)c3cccnc23)CC1=O. The molecule has 1 aliphatic heterocycles. The molecule has 24 heavy (non-hydrogen) atoms. The summed E-state index contributed by atoms with van der Waals surface area (Å²) in [4.78, 5) is 32.5. The average Bonchev–Trinajstić information content (AvgIpc) is 2.56. The number of aromatic nitrogens is 1. The topological polar surface area (TPSA) is 53.5 Å². The van der Waals surface area contributed by atoms with E-state index < -0.39 is 5.82 Å². The Labute approximate surface area is 140 Å². The van der Waals surface area contributed by atoms with Crippen LogP contribution in [0.3, 0.4) is 0 Å². The van der Waals surface area contributed by atoms with Crippen LogP contribution in [0.25, 0.3) is 10.9 Å². The van der Waals surface area contributed by atoms with Gasteiger partial charge in [-0.15, -0.1) is 0 Å². The lowest BCUT2D eigenvalue weighted by Crippen LogP contribution is -2.53. The number of pyridine rings is 1. The van der Waals surface area contributed by atoms with E-state index in [2.05, 4.69) is 18.8 Å². The molecule has 1 aromatic heterocycles. The highest BCUT2D eigenvalue weighted by molar-refractivity contribution is 6.06. The van der Waals surface area contributed by atoms with Crippen molar-refractivity contribution in [3.63, 3.8) is 0 Å². The smallest absolute Gasteiger partial charge is 0.256 e. The van der Waals surface area contributed by atoms with Crippen LogP contribution in [0.4, 0.5) is 4.39 Å². The van der Waals surface area contributed by atoms with Crippen molar-refractivity contribution in [3.8, 4) is 0 Å². The fraction of sp³-hybridized carbons (Fsp3) is 0.389. The molecule has 6 heteroatoms. The fourth-order valence-corrected chi connectivity index (χ4v) is 3.00. The first kappa shape index (κ1) is 16.4. The van der Waals surface area contributed by atoms with Crippen LogP contribution in [-0.4, -0.2) is 52.8 Å². The molecule has 0 N–H and O–H groups in total. The second-order valence-electron chi connectivity index (χ2n) is 6.45. The van der Waals surface area contributed by atoms with Crippen LogP contribution in [0.1, 0.15) is 24.2 Å². The third kappa shape index (κ3) is 3.09. The minimum atomic E-state index is -0.410. The van der Waals surface area contributed by atoms with E-state index in [1.165, 1.54) is 23.2 Å². The van der Waals surface area contributed by atoms with Gasteiger partial charge in [0.2, 0.25) is 5.91 Å². The molecular formula is C18H20FN3O2. The molecule has 0 spiro atoms. The Morgan fingerprint density at radius 1 is 1.29 bits per heavy atom. The van der Waals surface area contributed by atoms with E-state index >= 15 is 0 Å². The van der Waals surface area contributed by atoms with E-state index in [0.717, 1.165) is 0 Å². The molecule has 0 aliphatic carbocycles. The molecule has 5 nitrogen and oxygen atoms in total. The number of nitrogens with zero attached hydrogens (tertiary/aromatic N) is 3. The van der Waals surface area contributed by atoms with E-state index in [1.54, 1.807) is 17.0 Å². The number of benzene rings is 1. The minimum absolute atomic E-state index is 0.0528. The monoisotopic (exact) mass is 329 g/mol. The first-order valence-electron chi connectivity index (χ1n) is 8.07. The minimum Gasteiger partial charge on any atom is -0.339 e. The van der Waals surface area contributed by atoms with Crippen molar-refractivity contribution >= 4 is 22.7 Å². The lowest BCUT2D eigenvalue weighted by atomic mass is 10.1. The molecule has 126 valence electrons. The Balaban J connectivity index is 1.84. The average molecular weight is 329 g/mol. The third-order valence-electron chi connectivity index (χ3n) is 4.14. The molecule has 0 saturated carbocycles. The summed E-state index contributed by atoms with van der Waals surface area (Å²) >= 11 is 0. The second-order valence-corrected chi connectivity index (χ2v) is 6.45. The zero-order valence-corrected chi connectivity index (χ0v) is 13.8. The molecule has 3 rings (SSSR count). The summed E-state index contributed by atoms with van der Waals surface area (Å²) < 4.78 is 13.9. The van der Waals surface area contributed by atoms with Gasteiger partial charge in [-0.3, -0.25) is 14.6 Å². The van der Waals surface area contributed by atoms with Gasteiger partial charge >= 0.3 is 0 Å². The quantitative estimate of drug-likeness (QED) is 0.868. The van der Waals surface area contributed by atoms with Crippen LogP contribution in [-0.2, 0) is 4.79 Å². The summed E-state index contributed by atoms with van der Waals surface area (Å²) in [6, 6.07) is 5.94. The maximum absolute atomic E-state index is 13.9. The predicted molar refractivity (Wildman–Crippen MR) is 89.0 cm³/mol. The van der Waals surface area contributed by atoms with Crippen LogP contribution in [0, 0.1) is 11.7 Å². The third-order valence-corrected chi connectivity index (χ3v) is 4.14. The number of carbonyl (C=O) groups is 2. The van der Waals surface area contributed by atoms with Crippen LogP contribution < -0.4 is 0 Å². The van der Waals surface area contributed by atoms with Gasteiger partial charge in [0.05, 0.1) is 11.1 Å². The van der Waals surface area contributed by atoms with Crippen molar-refractivity contribution in [2.45, 2.75) is 13.8 Å². The van der Waals surface area contributed by atoms with Crippen molar-refractivity contribution < 1.29 is 14.0 Å². The standard InChI is InChI=1S/C18H20FN3O2/c1-12(2)10-21-8-9-22(11-16(21)23)18(24)14-5-6-15(19)13-4-3-7-20-17(13)14/h3-7,12H,8-11H2,1-2H3. The lowest BCUT2D eigenvalue weighted by Gasteiger charge is -2.35. The Morgan fingerprint density at radius 3 is 2.79 bits per heavy atom. The van der Waals surface area contributed by atoms with Crippen molar-refractivity contribution in [3.05, 3.63) is 41.8 Å². The maximum atomic E-state index is 13.9. The fourth-order valence-electron chi connectivity index (χ4n) is 3.00. The largest absolute Gasteiger partial charge is 0.339 e. The van der Waals surface area contributed by atoms with Gasteiger partial charge in [0, 0.05) is 31.2 Å². The number of hydrogen-bond donors (Lipinski definition) is 0. The van der Waals surface area contributed by atoms with Crippen LogP contribution in [0.15, 0.2) is 30.5 Å². The van der Waals surface area contributed by atoms with Gasteiger partial charge in [0.25, 0.3) is 5.91 Å². The molecule has 0 bridgehead atoms. The van der Waals surface area contributed by atoms with Gasteiger partial charge < -0.3 is 9.80 Å². The lowest BCUT2D eigenvalue weighted by molar-refractivity contribution is -0.135. The molecule has 2 heterocycles. The molecule has 0 unspecified atom stereocenters. The Bertz CT molecular complexity index is 791. The van der Waals surface area contributed by atoms with Gasteiger partial charge in [-0.1, -0.05) is 13.8 Å². The zero-order valence-electron chi connectivity index (χ0n) is 13.8. The van der Waals surface area contributed by atoms with Crippen LogP contribution in [0.2, 0.25) is 0 Å². The predicted octanol–water partition coefficient (Wildman–Crippen LogP) is 2.31. The van der Waals surface area contributed by atoms with E-state index in [-0.39, 0.29) is 18.4 Å². The van der Waals surface area contributed by atoms with Gasteiger partial charge in [-0.2, -0.15) is 0 Å². The summed E-state index contributed by atoms with van der Waals surface area (Å²) in [7, 11) is 0. The van der Waals surface area contributed by atoms with Gasteiger partial charge in [-0.05, 0) is 30.2 Å². The molecular weight excluding hydrogens is 309 g/mol. The molecule has 1 saturated heterocycles. The zero-order chi connectivity index (χ0) is 17.3. The number of carbonyl (C=O) groups excluding carboxylic acids is 2. The highest BCUT2D eigenvalue weighted by atomic mass is 19.1. The van der Waals surface area contributed by atoms with E-state index in [0.29, 0.717) is 42.0 Å². The van der Waals surface area contributed by atoms with Crippen molar-refractivity contribution in [1.29, 1.82) is 0 Å². The molecule has 2 aromatic rings. The van der Waals surface area contributed by atoms with Crippen molar-refractivity contribution in [1.82, 2.24) is 14.8 Å². The molecule has 1 fully saturated rings. The van der Waals surface area contributed by atoms with Crippen molar-refractivity contribution in [2.75, 3.05) is 26.2 Å². The molecule has 0 radical (unpaired) electrons. The van der Waals surface area contributed by atoms with E-state index in [4.69, 9.17) is 0 Å². The maximum Gasteiger partial charge on any atom is 0.256 e. The van der Waals surface area contributed by atoms with Crippen LogP contribution in [0.5, 0.6) is 0 Å². The summed E-state index contributed by atoms with van der Waals surface area (Å²) in [5, 5.41) is 0.313. The number of hydrogen-bond acceptors (Lipinski definition) is 3.